The Morgan fingerprint density at radius 2 is 1.94 bits per heavy atom. The molecular formula is C11H14Cl3N3. The zero-order valence-electron chi connectivity index (χ0n) is 9.75. The number of rotatable bonds is 1. The molecule has 94 valence electrons. The van der Waals surface area contributed by atoms with Crippen molar-refractivity contribution in [3.63, 3.8) is 0 Å². The molecule has 0 amide bonds. The van der Waals surface area contributed by atoms with Gasteiger partial charge in [-0.2, -0.15) is 0 Å². The van der Waals surface area contributed by atoms with E-state index in [0.29, 0.717) is 21.2 Å². The fourth-order valence-corrected chi connectivity index (χ4v) is 2.69. The van der Waals surface area contributed by atoms with Gasteiger partial charge in [-0.1, -0.05) is 34.8 Å². The van der Waals surface area contributed by atoms with Gasteiger partial charge in [0.05, 0.1) is 10.0 Å². The Morgan fingerprint density at radius 3 is 2.59 bits per heavy atom. The lowest BCUT2D eigenvalue weighted by molar-refractivity contribution is 0.274. The molecule has 1 saturated heterocycles. The summed E-state index contributed by atoms with van der Waals surface area (Å²) < 4.78 is 0. The molecule has 1 aromatic heterocycles. The van der Waals surface area contributed by atoms with Gasteiger partial charge in [-0.05, 0) is 20.0 Å². The first-order valence-electron chi connectivity index (χ1n) is 5.45. The second-order valence-electron chi connectivity index (χ2n) is 4.37. The van der Waals surface area contributed by atoms with Gasteiger partial charge in [0.25, 0.3) is 0 Å². The summed E-state index contributed by atoms with van der Waals surface area (Å²) >= 11 is 18.0. The molecule has 0 radical (unpaired) electrons. The van der Waals surface area contributed by atoms with Gasteiger partial charge in [0, 0.05) is 25.7 Å². The van der Waals surface area contributed by atoms with Crippen LogP contribution in [0.1, 0.15) is 6.92 Å². The minimum Gasteiger partial charge on any atom is -0.350 e. The molecule has 2 rings (SSSR count). The van der Waals surface area contributed by atoms with Crippen molar-refractivity contribution in [2.45, 2.75) is 13.0 Å². The van der Waals surface area contributed by atoms with Crippen molar-refractivity contribution in [2.75, 3.05) is 31.6 Å². The molecule has 1 atom stereocenters. The maximum Gasteiger partial charge on any atom is 0.150 e. The number of hydrogen-bond donors (Lipinski definition) is 0. The normalized spacial score (nSPS) is 21.9. The maximum absolute atomic E-state index is 6.18. The average Bonchev–Trinajstić information content (AvgIpc) is 2.24. The number of likely N-dealkylation sites (N-methyl/N-ethyl adjacent to an activating group) is 1. The summed E-state index contributed by atoms with van der Waals surface area (Å²) in [4.78, 5) is 8.74. The topological polar surface area (TPSA) is 19.4 Å². The minimum atomic E-state index is 0.303. The first-order valence-corrected chi connectivity index (χ1v) is 6.59. The van der Waals surface area contributed by atoms with E-state index in [0.717, 1.165) is 25.5 Å². The van der Waals surface area contributed by atoms with Crippen LogP contribution in [0.25, 0.3) is 0 Å². The van der Waals surface area contributed by atoms with E-state index in [4.69, 9.17) is 34.8 Å². The van der Waals surface area contributed by atoms with E-state index in [9.17, 15) is 0 Å². The van der Waals surface area contributed by atoms with Gasteiger partial charge in [-0.15, -0.1) is 0 Å². The summed E-state index contributed by atoms with van der Waals surface area (Å²) in [5.41, 5.74) is 0. The highest BCUT2D eigenvalue weighted by Crippen LogP contribution is 2.32. The summed E-state index contributed by atoms with van der Waals surface area (Å²) in [5.74, 6) is 0.724. The molecule has 2 heterocycles. The standard InChI is InChI=1S/C11H14Cl3N3/c1-7-6-16(2)3-4-17(7)11-9(13)5-8(12)10(14)15-11/h5,7H,3-4,6H2,1-2H3. The SMILES string of the molecule is CC1CN(C)CCN1c1nc(Cl)c(Cl)cc1Cl. The van der Waals surface area contributed by atoms with Crippen molar-refractivity contribution in [2.24, 2.45) is 0 Å². The molecule has 0 spiro atoms. The van der Waals surface area contributed by atoms with E-state index in [1.54, 1.807) is 6.07 Å². The van der Waals surface area contributed by atoms with Gasteiger partial charge in [-0.25, -0.2) is 4.98 Å². The molecule has 1 unspecified atom stereocenters. The number of pyridine rings is 1. The number of nitrogens with zero attached hydrogens (tertiary/aromatic N) is 3. The third-order valence-electron chi connectivity index (χ3n) is 2.97. The first-order chi connectivity index (χ1) is 7.99. The third-order valence-corrected chi connectivity index (χ3v) is 3.92. The van der Waals surface area contributed by atoms with E-state index < -0.39 is 0 Å². The highest BCUT2D eigenvalue weighted by molar-refractivity contribution is 6.42. The summed E-state index contributed by atoms with van der Waals surface area (Å²) in [6.45, 7) is 5.01. The quantitative estimate of drug-likeness (QED) is 0.742. The summed E-state index contributed by atoms with van der Waals surface area (Å²) in [6, 6.07) is 2.01. The number of aromatic nitrogens is 1. The largest absolute Gasteiger partial charge is 0.350 e. The van der Waals surface area contributed by atoms with Crippen LogP contribution in [0.3, 0.4) is 0 Å². The van der Waals surface area contributed by atoms with Gasteiger partial charge in [-0.3, -0.25) is 0 Å². The first kappa shape index (κ1) is 13.2. The van der Waals surface area contributed by atoms with E-state index in [1.807, 2.05) is 0 Å². The maximum atomic E-state index is 6.18. The summed E-state index contributed by atoms with van der Waals surface area (Å²) in [6.07, 6.45) is 0. The van der Waals surface area contributed by atoms with Gasteiger partial charge in [0.1, 0.15) is 11.0 Å². The Balaban J connectivity index is 2.31. The Bertz CT molecular complexity index is 425. The van der Waals surface area contributed by atoms with Crippen molar-refractivity contribution in [3.05, 3.63) is 21.3 Å². The van der Waals surface area contributed by atoms with Crippen molar-refractivity contribution in [1.29, 1.82) is 0 Å². The third kappa shape index (κ3) is 2.79. The minimum absolute atomic E-state index is 0.303. The van der Waals surface area contributed by atoms with Gasteiger partial charge >= 0.3 is 0 Å². The van der Waals surface area contributed by atoms with Crippen molar-refractivity contribution >= 4 is 40.6 Å². The number of anilines is 1. The van der Waals surface area contributed by atoms with Crippen LogP contribution in [0.2, 0.25) is 15.2 Å². The van der Waals surface area contributed by atoms with E-state index in [-0.39, 0.29) is 0 Å². The number of halogens is 3. The van der Waals surface area contributed by atoms with E-state index in [2.05, 4.69) is 28.8 Å². The lowest BCUT2D eigenvalue weighted by atomic mass is 10.2. The lowest BCUT2D eigenvalue weighted by Gasteiger charge is -2.39. The molecule has 0 aliphatic carbocycles. The van der Waals surface area contributed by atoms with Crippen molar-refractivity contribution in [3.8, 4) is 0 Å². The zero-order valence-corrected chi connectivity index (χ0v) is 12.0. The van der Waals surface area contributed by atoms with Crippen molar-refractivity contribution < 1.29 is 0 Å². The fourth-order valence-electron chi connectivity index (χ4n) is 2.09. The Hall–Kier alpha value is -0.220. The van der Waals surface area contributed by atoms with Crippen LogP contribution in [-0.4, -0.2) is 42.6 Å². The molecule has 1 aliphatic heterocycles. The number of hydrogen-bond acceptors (Lipinski definition) is 3. The van der Waals surface area contributed by atoms with Crippen LogP contribution in [0.4, 0.5) is 5.82 Å². The Kier molecular flexibility index (Phi) is 4.03. The predicted octanol–water partition coefficient (Wildman–Crippen LogP) is 3.18. The second-order valence-corrected chi connectivity index (χ2v) is 5.54. The molecule has 1 aromatic rings. The zero-order chi connectivity index (χ0) is 12.6. The molecule has 3 nitrogen and oxygen atoms in total. The average molecular weight is 295 g/mol. The highest BCUT2D eigenvalue weighted by Gasteiger charge is 2.25. The van der Waals surface area contributed by atoms with Crippen LogP contribution in [-0.2, 0) is 0 Å². The highest BCUT2D eigenvalue weighted by atomic mass is 35.5. The molecule has 0 N–H and O–H groups in total. The van der Waals surface area contributed by atoms with Crippen molar-refractivity contribution in [1.82, 2.24) is 9.88 Å². The Labute approximate surface area is 116 Å². The second kappa shape index (κ2) is 5.19. The van der Waals surface area contributed by atoms with Crippen LogP contribution in [0.15, 0.2) is 6.07 Å². The van der Waals surface area contributed by atoms with E-state index in [1.165, 1.54) is 0 Å². The molecule has 1 fully saturated rings. The predicted molar refractivity (Wildman–Crippen MR) is 73.6 cm³/mol. The van der Waals surface area contributed by atoms with Gasteiger partial charge < -0.3 is 9.80 Å². The van der Waals surface area contributed by atoms with Crippen LogP contribution >= 0.6 is 34.8 Å². The molecule has 17 heavy (non-hydrogen) atoms. The van der Waals surface area contributed by atoms with Crippen LogP contribution in [0, 0.1) is 0 Å². The molecule has 0 bridgehead atoms. The fraction of sp³-hybridized carbons (Fsp3) is 0.545. The summed E-state index contributed by atoms with van der Waals surface area (Å²) in [5, 5.41) is 1.25. The monoisotopic (exact) mass is 293 g/mol. The molecule has 1 aliphatic rings. The van der Waals surface area contributed by atoms with Crippen LogP contribution in [0.5, 0.6) is 0 Å². The summed E-state index contributed by atoms with van der Waals surface area (Å²) in [7, 11) is 2.11. The van der Waals surface area contributed by atoms with Gasteiger partial charge in [0.15, 0.2) is 0 Å². The Morgan fingerprint density at radius 1 is 1.24 bits per heavy atom. The molecular weight excluding hydrogens is 281 g/mol. The number of piperazine rings is 1. The lowest BCUT2D eigenvalue weighted by Crippen LogP contribution is -2.51. The molecule has 0 saturated carbocycles. The van der Waals surface area contributed by atoms with E-state index >= 15 is 0 Å². The van der Waals surface area contributed by atoms with Gasteiger partial charge in [0.2, 0.25) is 0 Å². The molecule has 6 heteroatoms. The van der Waals surface area contributed by atoms with Crippen LogP contribution < -0.4 is 4.90 Å². The molecule has 0 aromatic carbocycles. The smallest absolute Gasteiger partial charge is 0.150 e.